The van der Waals surface area contributed by atoms with E-state index in [1.807, 2.05) is 31.2 Å². The molecule has 76 valence electrons. The van der Waals surface area contributed by atoms with E-state index in [-0.39, 0.29) is 12.1 Å². The molecule has 0 aliphatic heterocycles. The van der Waals surface area contributed by atoms with Crippen LogP contribution in [0, 0.1) is 0 Å². The summed E-state index contributed by atoms with van der Waals surface area (Å²) in [4.78, 5) is 11.1. The molecule has 0 bridgehead atoms. The van der Waals surface area contributed by atoms with Gasteiger partial charge in [-0.25, -0.2) is 4.79 Å². The molecule has 1 atom stereocenters. The number of anilines is 1. The summed E-state index contributed by atoms with van der Waals surface area (Å²) in [6, 6.07) is 7.15. The van der Waals surface area contributed by atoms with Crippen LogP contribution < -0.4 is 16.4 Å². The first-order valence-corrected chi connectivity index (χ1v) is 4.48. The van der Waals surface area contributed by atoms with E-state index < -0.39 is 0 Å². The van der Waals surface area contributed by atoms with Crippen LogP contribution in [0.25, 0.3) is 0 Å². The molecule has 4 heteroatoms. The molecule has 0 saturated carbocycles. The lowest BCUT2D eigenvalue weighted by Crippen LogP contribution is -2.25. The summed E-state index contributed by atoms with van der Waals surface area (Å²) in [5, 5.41) is 5.20. The fourth-order valence-corrected chi connectivity index (χ4v) is 1.19. The van der Waals surface area contributed by atoms with Gasteiger partial charge in [-0.1, -0.05) is 18.2 Å². The van der Waals surface area contributed by atoms with Crippen LogP contribution in [0.4, 0.5) is 10.5 Å². The number of hydrogen-bond acceptors (Lipinski definition) is 2. The van der Waals surface area contributed by atoms with E-state index in [9.17, 15) is 4.79 Å². The van der Waals surface area contributed by atoms with Crippen LogP contribution in [0.3, 0.4) is 0 Å². The predicted octanol–water partition coefficient (Wildman–Crippen LogP) is 1.46. The maximum absolute atomic E-state index is 11.1. The Kier molecular flexibility index (Phi) is 3.48. The van der Waals surface area contributed by atoms with Gasteiger partial charge in [0, 0.05) is 18.8 Å². The molecule has 4 N–H and O–H groups in total. The number of para-hydroxylation sites is 1. The highest BCUT2D eigenvalue weighted by molar-refractivity contribution is 5.89. The van der Waals surface area contributed by atoms with Gasteiger partial charge >= 0.3 is 6.03 Å². The molecule has 1 aromatic rings. The molecular weight excluding hydrogens is 178 g/mol. The van der Waals surface area contributed by atoms with Gasteiger partial charge in [0.1, 0.15) is 0 Å². The van der Waals surface area contributed by atoms with Crippen molar-refractivity contribution >= 4 is 11.7 Å². The molecule has 0 fully saturated rings. The van der Waals surface area contributed by atoms with Crippen molar-refractivity contribution in [2.45, 2.75) is 13.0 Å². The highest BCUT2D eigenvalue weighted by Crippen LogP contribution is 2.20. The first-order chi connectivity index (χ1) is 6.65. The quantitative estimate of drug-likeness (QED) is 0.665. The molecule has 4 nitrogen and oxygen atoms in total. The molecule has 1 rings (SSSR count). The van der Waals surface area contributed by atoms with E-state index >= 15 is 0 Å². The highest BCUT2D eigenvalue weighted by Gasteiger charge is 2.07. The third-order valence-electron chi connectivity index (χ3n) is 1.93. The molecule has 1 unspecified atom stereocenters. The number of hydrogen-bond donors (Lipinski definition) is 3. The molecule has 0 aliphatic rings. The summed E-state index contributed by atoms with van der Waals surface area (Å²) in [6.45, 7) is 1.88. The highest BCUT2D eigenvalue weighted by atomic mass is 16.2. The summed E-state index contributed by atoms with van der Waals surface area (Å²) >= 11 is 0. The zero-order valence-corrected chi connectivity index (χ0v) is 8.37. The average Bonchev–Trinajstić information content (AvgIpc) is 2.18. The maximum atomic E-state index is 11.1. The van der Waals surface area contributed by atoms with Crippen molar-refractivity contribution in [1.82, 2.24) is 5.32 Å². The van der Waals surface area contributed by atoms with E-state index in [0.717, 1.165) is 11.3 Å². The second kappa shape index (κ2) is 4.62. The number of amides is 2. The summed E-state index contributed by atoms with van der Waals surface area (Å²) in [5.74, 6) is 0. The Morgan fingerprint density at radius 3 is 2.64 bits per heavy atom. The van der Waals surface area contributed by atoms with Gasteiger partial charge in [0.05, 0.1) is 0 Å². The molecule has 0 heterocycles. The minimum Gasteiger partial charge on any atom is -0.341 e. The second-order valence-corrected chi connectivity index (χ2v) is 3.08. The Labute approximate surface area is 83.5 Å². The smallest absolute Gasteiger partial charge is 0.318 e. The number of carbonyl (C=O) groups is 1. The van der Waals surface area contributed by atoms with Crippen molar-refractivity contribution in [1.29, 1.82) is 0 Å². The molecule has 0 aromatic heterocycles. The number of nitrogens with one attached hydrogen (secondary N) is 2. The lowest BCUT2D eigenvalue weighted by molar-refractivity contribution is 0.254. The fourth-order valence-electron chi connectivity index (χ4n) is 1.19. The van der Waals surface area contributed by atoms with Crippen LogP contribution >= 0.6 is 0 Å². The van der Waals surface area contributed by atoms with E-state index in [4.69, 9.17) is 5.73 Å². The third-order valence-corrected chi connectivity index (χ3v) is 1.93. The molecule has 14 heavy (non-hydrogen) atoms. The minimum atomic E-state index is -0.238. The molecule has 0 spiro atoms. The van der Waals surface area contributed by atoms with Crippen molar-refractivity contribution in [3.8, 4) is 0 Å². The van der Waals surface area contributed by atoms with Crippen LogP contribution in [0.1, 0.15) is 18.5 Å². The summed E-state index contributed by atoms with van der Waals surface area (Å²) in [6.07, 6.45) is 0. The first-order valence-electron chi connectivity index (χ1n) is 4.48. The lowest BCUT2D eigenvalue weighted by Gasteiger charge is -2.12. The molecule has 0 aliphatic carbocycles. The molecule has 0 saturated heterocycles. The van der Waals surface area contributed by atoms with Gasteiger partial charge in [-0.3, -0.25) is 0 Å². The molecular formula is C10H15N3O. The SMILES string of the molecule is CNC(=O)Nc1ccccc1C(C)N. The van der Waals surface area contributed by atoms with Crippen LogP contribution in [0.5, 0.6) is 0 Å². The van der Waals surface area contributed by atoms with Crippen molar-refractivity contribution < 1.29 is 4.79 Å². The zero-order chi connectivity index (χ0) is 10.6. The van der Waals surface area contributed by atoms with Crippen LogP contribution in [0.15, 0.2) is 24.3 Å². The number of rotatable bonds is 2. The van der Waals surface area contributed by atoms with Crippen LogP contribution in [-0.2, 0) is 0 Å². The minimum absolute atomic E-state index is 0.0941. The molecule has 1 aromatic carbocycles. The standard InChI is InChI=1S/C10H15N3O/c1-7(11)8-5-3-4-6-9(8)13-10(14)12-2/h3-7H,11H2,1-2H3,(H2,12,13,14). The normalized spacial score (nSPS) is 11.9. The van der Waals surface area contributed by atoms with Crippen molar-refractivity contribution in [3.05, 3.63) is 29.8 Å². The number of urea groups is 1. The Morgan fingerprint density at radius 2 is 2.07 bits per heavy atom. The lowest BCUT2D eigenvalue weighted by atomic mass is 10.1. The molecule has 2 amide bonds. The Bertz CT molecular complexity index is 323. The van der Waals surface area contributed by atoms with E-state index in [2.05, 4.69) is 10.6 Å². The largest absolute Gasteiger partial charge is 0.341 e. The van der Waals surface area contributed by atoms with E-state index in [1.54, 1.807) is 7.05 Å². The van der Waals surface area contributed by atoms with Crippen molar-refractivity contribution in [3.63, 3.8) is 0 Å². The maximum Gasteiger partial charge on any atom is 0.318 e. The van der Waals surface area contributed by atoms with Gasteiger partial charge in [-0.05, 0) is 18.6 Å². The van der Waals surface area contributed by atoms with E-state index in [0.29, 0.717) is 0 Å². The summed E-state index contributed by atoms with van der Waals surface area (Å²) < 4.78 is 0. The number of benzene rings is 1. The zero-order valence-electron chi connectivity index (χ0n) is 8.37. The van der Waals surface area contributed by atoms with Gasteiger partial charge in [0.15, 0.2) is 0 Å². The fraction of sp³-hybridized carbons (Fsp3) is 0.300. The van der Waals surface area contributed by atoms with Gasteiger partial charge in [-0.15, -0.1) is 0 Å². The summed E-state index contributed by atoms with van der Waals surface area (Å²) in [7, 11) is 1.57. The van der Waals surface area contributed by atoms with Crippen molar-refractivity contribution in [2.24, 2.45) is 5.73 Å². The third kappa shape index (κ3) is 2.47. The summed E-state index contributed by atoms with van der Waals surface area (Å²) in [5.41, 5.74) is 7.44. The Balaban J connectivity index is 2.90. The molecule has 0 radical (unpaired) electrons. The van der Waals surface area contributed by atoms with Gasteiger partial charge in [0.2, 0.25) is 0 Å². The number of nitrogens with two attached hydrogens (primary N) is 1. The predicted molar refractivity (Wildman–Crippen MR) is 57.1 cm³/mol. The topological polar surface area (TPSA) is 67.2 Å². The number of carbonyl (C=O) groups excluding carboxylic acids is 1. The monoisotopic (exact) mass is 193 g/mol. The van der Waals surface area contributed by atoms with Gasteiger partial charge in [0.25, 0.3) is 0 Å². The van der Waals surface area contributed by atoms with E-state index in [1.165, 1.54) is 0 Å². The Morgan fingerprint density at radius 1 is 1.43 bits per heavy atom. The Hall–Kier alpha value is -1.55. The van der Waals surface area contributed by atoms with Crippen LogP contribution in [-0.4, -0.2) is 13.1 Å². The second-order valence-electron chi connectivity index (χ2n) is 3.08. The first kappa shape index (κ1) is 10.5. The van der Waals surface area contributed by atoms with Gasteiger partial charge < -0.3 is 16.4 Å². The van der Waals surface area contributed by atoms with Crippen LogP contribution in [0.2, 0.25) is 0 Å². The average molecular weight is 193 g/mol. The van der Waals surface area contributed by atoms with Crippen molar-refractivity contribution in [2.75, 3.05) is 12.4 Å². The van der Waals surface area contributed by atoms with Gasteiger partial charge in [-0.2, -0.15) is 0 Å².